The molecule has 0 saturated heterocycles. The molecule has 2 nitrogen and oxygen atoms in total. The van der Waals surface area contributed by atoms with Gasteiger partial charge in [-0.3, -0.25) is 0 Å². The maximum Gasteiger partial charge on any atom is 0.135 e. The van der Waals surface area contributed by atoms with Crippen molar-refractivity contribution in [2.24, 2.45) is 0 Å². The Balaban J connectivity index is 1.02. The van der Waals surface area contributed by atoms with Crippen molar-refractivity contribution in [2.45, 2.75) is 0 Å². The lowest BCUT2D eigenvalue weighted by atomic mass is 9.94. The molecule has 0 aliphatic carbocycles. The zero-order valence-electron chi connectivity index (χ0n) is 27.3. The van der Waals surface area contributed by atoms with E-state index in [-0.39, 0.29) is 0 Å². The van der Waals surface area contributed by atoms with E-state index in [1.807, 2.05) is 12.1 Å². The van der Waals surface area contributed by atoms with Gasteiger partial charge in [-0.2, -0.15) is 0 Å². The van der Waals surface area contributed by atoms with Crippen LogP contribution in [0.4, 0.5) is 17.1 Å². The summed E-state index contributed by atoms with van der Waals surface area (Å²) >= 11 is 0. The van der Waals surface area contributed by atoms with Gasteiger partial charge in [0.05, 0.1) is 0 Å². The lowest BCUT2D eigenvalue weighted by Crippen LogP contribution is -2.09. The summed E-state index contributed by atoms with van der Waals surface area (Å²) in [4.78, 5) is 2.32. The fourth-order valence-electron chi connectivity index (χ4n) is 7.54. The largest absolute Gasteiger partial charge is 0.456 e. The van der Waals surface area contributed by atoms with Crippen molar-refractivity contribution in [3.63, 3.8) is 0 Å². The SMILES string of the molecule is c1ccc(N(c2ccc(-c3ccc4oc5ccccc5c4c3)cc2)c2ccc(-c3ccc4ccc5ccc6ccccc6c5c4c3)cc2)cc1. The highest BCUT2D eigenvalue weighted by molar-refractivity contribution is 6.20. The van der Waals surface area contributed by atoms with Crippen molar-refractivity contribution in [1.82, 2.24) is 0 Å². The van der Waals surface area contributed by atoms with Crippen LogP contribution in [0, 0.1) is 0 Å². The summed E-state index contributed by atoms with van der Waals surface area (Å²) in [5, 5.41) is 9.97. The molecule has 0 aliphatic rings. The molecular formula is C48H31NO. The van der Waals surface area contributed by atoms with E-state index < -0.39 is 0 Å². The summed E-state index contributed by atoms with van der Waals surface area (Å²) in [6.07, 6.45) is 0. The van der Waals surface area contributed by atoms with Gasteiger partial charge in [0.15, 0.2) is 0 Å². The summed E-state index contributed by atoms with van der Waals surface area (Å²) in [5.41, 5.74) is 9.90. The molecule has 234 valence electrons. The van der Waals surface area contributed by atoms with Crippen LogP contribution in [0.15, 0.2) is 192 Å². The van der Waals surface area contributed by atoms with Gasteiger partial charge in [-0.15, -0.1) is 0 Å². The molecule has 10 aromatic rings. The van der Waals surface area contributed by atoms with Crippen LogP contribution in [0.1, 0.15) is 0 Å². The molecule has 9 aromatic carbocycles. The van der Waals surface area contributed by atoms with Gasteiger partial charge in [0.25, 0.3) is 0 Å². The third-order valence-electron chi connectivity index (χ3n) is 10.0. The highest BCUT2D eigenvalue weighted by Gasteiger charge is 2.14. The number of furan rings is 1. The number of para-hydroxylation sites is 2. The molecule has 0 unspecified atom stereocenters. The molecule has 0 atom stereocenters. The second kappa shape index (κ2) is 11.5. The molecule has 0 saturated carbocycles. The van der Waals surface area contributed by atoms with Crippen molar-refractivity contribution >= 4 is 71.3 Å². The van der Waals surface area contributed by atoms with E-state index in [1.165, 1.54) is 54.6 Å². The average molecular weight is 638 g/mol. The number of fused-ring (bicyclic) bond motifs is 8. The predicted octanol–water partition coefficient (Wildman–Crippen LogP) is 13.8. The summed E-state index contributed by atoms with van der Waals surface area (Å²) in [7, 11) is 0. The highest BCUT2D eigenvalue weighted by Crippen LogP contribution is 2.39. The second-order valence-electron chi connectivity index (χ2n) is 13.0. The average Bonchev–Trinajstić information content (AvgIpc) is 3.56. The minimum Gasteiger partial charge on any atom is -0.456 e. The first-order chi connectivity index (χ1) is 24.8. The second-order valence-corrected chi connectivity index (χ2v) is 13.0. The van der Waals surface area contributed by atoms with Gasteiger partial charge in [-0.05, 0) is 115 Å². The molecule has 0 amide bonds. The molecule has 0 bridgehead atoms. The van der Waals surface area contributed by atoms with Crippen LogP contribution in [0.25, 0.3) is 76.5 Å². The van der Waals surface area contributed by atoms with Crippen LogP contribution in [-0.4, -0.2) is 0 Å². The minimum atomic E-state index is 0.913. The first kappa shape index (κ1) is 28.4. The van der Waals surface area contributed by atoms with E-state index in [0.717, 1.165) is 39.0 Å². The Morgan fingerprint density at radius 3 is 1.50 bits per heavy atom. The first-order valence-electron chi connectivity index (χ1n) is 17.1. The van der Waals surface area contributed by atoms with E-state index in [2.05, 4.69) is 181 Å². The Kier molecular flexibility index (Phi) is 6.53. The summed E-state index contributed by atoms with van der Waals surface area (Å²) < 4.78 is 6.07. The summed E-state index contributed by atoms with van der Waals surface area (Å²) in [5.74, 6) is 0. The standard InChI is InChI=1S/C48H31NO/c1-2-9-39(10-3-1)49(41-27-22-33(23-28-41)38-24-29-47-45(31-38)43-12-6-7-13-46(43)50-47)40-25-20-32(21-26-40)37-19-16-35-15-18-36-17-14-34-8-4-5-11-42(34)48(36)44(35)30-37/h1-31H. The van der Waals surface area contributed by atoms with E-state index in [1.54, 1.807) is 0 Å². The van der Waals surface area contributed by atoms with Gasteiger partial charge in [0.1, 0.15) is 11.2 Å². The van der Waals surface area contributed by atoms with E-state index >= 15 is 0 Å². The number of rotatable bonds is 5. The lowest BCUT2D eigenvalue weighted by molar-refractivity contribution is 0.669. The molecule has 0 spiro atoms. The predicted molar refractivity (Wildman–Crippen MR) is 212 cm³/mol. The van der Waals surface area contributed by atoms with Crippen molar-refractivity contribution in [1.29, 1.82) is 0 Å². The van der Waals surface area contributed by atoms with Crippen LogP contribution in [-0.2, 0) is 0 Å². The maximum absolute atomic E-state index is 6.07. The number of anilines is 3. The highest BCUT2D eigenvalue weighted by atomic mass is 16.3. The van der Waals surface area contributed by atoms with Crippen molar-refractivity contribution in [3.05, 3.63) is 188 Å². The molecular weight excluding hydrogens is 607 g/mol. The Morgan fingerprint density at radius 2 is 0.780 bits per heavy atom. The van der Waals surface area contributed by atoms with Gasteiger partial charge in [-0.25, -0.2) is 0 Å². The van der Waals surface area contributed by atoms with Crippen LogP contribution in [0.3, 0.4) is 0 Å². The molecule has 1 aromatic heterocycles. The van der Waals surface area contributed by atoms with Crippen molar-refractivity contribution < 1.29 is 4.42 Å². The Morgan fingerprint density at radius 1 is 0.300 bits per heavy atom. The van der Waals surface area contributed by atoms with Gasteiger partial charge in [0, 0.05) is 27.8 Å². The molecule has 1 heterocycles. The van der Waals surface area contributed by atoms with Crippen LogP contribution >= 0.6 is 0 Å². The fraction of sp³-hybridized carbons (Fsp3) is 0. The molecule has 50 heavy (non-hydrogen) atoms. The number of hydrogen-bond acceptors (Lipinski definition) is 2. The summed E-state index contributed by atoms with van der Waals surface area (Å²) in [6, 6.07) is 67.6. The minimum absolute atomic E-state index is 0.913. The first-order valence-corrected chi connectivity index (χ1v) is 17.1. The number of benzene rings is 9. The Labute approximate surface area is 290 Å². The molecule has 0 radical (unpaired) electrons. The van der Waals surface area contributed by atoms with Gasteiger partial charge >= 0.3 is 0 Å². The maximum atomic E-state index is 6.07. The number of hydrogen-bond donors (Lipinski definition) is 0. The van der Waals surface area contributed by atoms with Gasteiger partial charge in [-0.1, -0.05) is 127 Å². The zero-order chi connectivity index (χ0) is 33.0. The Bertz CT molecular complexity index is 2840. The summed E-state index contributed by atoms with van der Waals surface area (Å²) in [6.45, 7) is 0. The normalized spacial score (nSPS) is 11.6. The van der Waals surface area contributed by atoms with Gasteiger partial charge in [0.2, 0.25) is 0 Å². The molecule has 2 heteroatoms. The van der Waals surface area contributed by atoms with Crippen LogP contribution in [0.5, 0.6) is 0 Å². The number of nitrogens with zero attached hydrogens (tertiary/aromatic N) is 1. The fourth-order valence-corrected chi connectivity index (χ4v) is 7.54. The third-order valence-corrected chi connectivity index (χ3v) is 10.0. The molecule has 10 rings (SSSR count). The monoisotopic (exact) mass is 637 g/mol. The zero-order valence-corrected chi connectivity index (χ0v) is 27.3. The van der Waals surface area contributed by atoms with Crippen LogP contribution in [0.2, 0.25) is 0 Å². The molecule has 0 fully saturated rings. The molecule has 0 aliphatic heterocycles. The van der Waals surface area contributed by atoms with E-state index in [4.69, 9.17) is 4.42 Å². The van der Waals surface area contributed by atoms with Gasteiger partial charge < -0.3 is 9.32 Å². The Hall–Kier alpha value is -6.64. The van der Waals surface area contributed by atoms with Crippen molar-refractivity contribution in [3.8, 4) is 22.3 Å². The van der Waals surface area contributed by atoms with Crippen molar-refractivity contribution in [2.75, 3.05) is 4.90 Å². The quantitative estimate of drug-likeness (QED) is 0.175. The topological polar surface area (TPSA) is 16.4 Å². The molecule has 0 N–H and O–H groups in total. The lowest BCUT2D eigenvalue weighted by Gasteiger charge is -2.26. The third kappa shape index (κ3) is 4.73. The van der Waals surface area contributed by atoms with E-state index in [0.29, 0.717) is 0 Å². The van der Waals surface area contributed by atoms with E-state index in [9.17, 15) is 0 Å². The van der Waals surface area contributed by atoms with Crippen LogP contribution < -0.4 is 4.90 Å². The smallest absolute Gasteiger partial charge is 0.135 e.